The third kappa shape index (κ3) is 3.53. The van der Waals surface area contributed by atoms with E-state index in [1.165, 1.54) is 7.11 Å². The lowest BCUT2D eigenvalue weighted by molar-refractivity contribution is -0.140. The maximum atomic E-state index is 12.4. The standard InChI is InChI=1S/C11H14F3N3O2S/c1-19-10(18)17-4-2-7(3-5-17)15-9-16-8(6-20-9)11(12,13)14/h6-7H,2-5H2,1H3,(H,15,16). The number of nitrogens with one attached hydrogen (secondary N) is 1. The minimum Gasteiger partial charge on any atom is -0.453 e. The first-order valence-electron chi connectivity index (χ1n) is 6.02. The van der Waals surface area contributed by atoms with Crippen LogP contribution in [0.5, 0.6) is 0 Å². The van der Waals surface area contributed by atoms with E-state index in [-0.39, 0.29) is 17.3 Å². The number of nitrogens with zero attached hydrogens (tertiary/aromatic N) is 2. The van der Waals surface area contributed by atoms with E-state index in [1.54, 1.807) is 4.90 Å². The van der Waals surface area contributed by atoms with Crippen molar-refractivity contribution in [1.29, 1.82) is 0 Å². The van der Waals surface area contributed by atoms with Gasteiger partial charge in [0.15, 0.2) is 10.8 Å². The average molecular weight is 309 g/mol. The zero-order valence-corrected chi connectivity index (χ0v) is 11.6. The third-order valence-electron chi connectivity index (χ3n) is 3.05. The number of anilines is 1. The first-order chi connectivity index (χ1) is 9.40. The van der Waals surface area contributed by atoms with Crippen LogP contribution in [0.2, 0.25) is 0 Å². The van der Waals surface area contributed by atoms with Crippen LogP contribution in [0.15, 0.2) is 5.38 Å². The van der Waals surface area contributed by atoms with Gasteiger partial charge < -0.3 is 15.0 Å². The Balaban J connectivity index is 1.87. The molecular formula is C11H14F3N3O2S. The molecule has 112 valence electrons. The van der Waals surface area contributed by atoms with Crippen molar-refractivity contribution < 1.29 is 22.7 Å². The summed E-state index contributed by atoms with van der Waals surface area (Å²) in [7, 11) is 1.32. The van der Waals surface area contributed by atoms with E-state index in [0.717, 1.165) is 16.7 Å². The minimum absolute atomic E-state index is 0.0168. The average Bonchev–Trinajstić information content (AvgIpc) is 2.87. The van der Waals surface area contributed by atoms with Gasteiger partial charge in [0.25, 0.3) is 0 Å². The van der Waals surface area contributed by atoms with Gasteiger partial charge in [-0.3, -0.25) is 0 Å². The molecule has 1 aromatic heterocycles. The summed E-state index contributed by atoms with van der Waals surface area (Å²) in [5.41, 5.74) is -0.878. The summed E-state index contributed by atoms with van der Waals surface area (Å²) in [6, 6.07) is 0.0168. The monoisotopic (exact) mass is 309 g/mol. The number of ether oxygens (including phenoxy) is 1. The van der Waals surface area contributed by atoms with Gasteiger partial charge in [-0.25, -0.2) is 9.78 Å². The fourth-order valence-corrected chi connectivity index (χ4v) is 2.78. The molecule has 0 radical (unpaired) electrons. The number of likely N-dealkylation sites (tertiary alicyclic amines) is 1. The number of piperidine rings is 1. The molecule has 20 heavy (non-hydrogen) atoms. The van der Waals surface area contributed by atoms with E-state index in [2.05, 4.69) is 15.0 Å². The molecule has 0 unspecified atom stereocenters. The molecule has 0 atom stereocenters. The Morgan fingerprint density at radius 2 is 2.15 bits per heavy atom. The molecule has 1 aromatic rings. The van der Waals surface area contributed by atoms with Crippen molar-refractivity contribution in [2.75, 3.05) is 25.5 Å². The summed E-state index contributed by atoms with van der Waals surface area (Å²) >= 11 is 0.934. The molecule has 2 rings (SSSR count). The zero-order chi connectivity index (χ0) is 14.8. The van der Waals surface area contributed by atoms with Gasteiger partial charge in [0.1, 0.15) is 0 Å². The van der Waals surface area contributed by atoms with Crippen molar-refractivity contribution in [3.05, 3.63) is 11.1 Å². The molecule has 0 aromatic carbocycles. The minimum atomic E-state index is -4.41. The Kier molecular flexibility index (Phi) is 4.36. The molecule has 1 aliphatic heterocycles. The molecule has 0 saturated carbocycles. The van der Waals surface area contributed by atoms with Crippen molar-refractivity contribution in [2.24, 2.45) is 0 Å². The summed E-state index contributed by atoms with van der Waals surface area (Å²) < 4.78 is 41.9. The van der Waals surface area contributed by atoms with Gasteiger partial charge in [-0.15, -0.1) is 11.3 Å². The highest BCUT2D eigenvalue weighted by Crippen LogP contribution is 2.32. The predicted molar refractivity (Wildman–Crippen MR) is 67.7 cm³/mol. The van der Waals surface area contributed by atoms with Crippen LogP contribution in [0, 0.1) is 0 Å². The van der Waals surface area contributed by atoms with E-state index in [0.29, 0.717) is 25.9 Å². The van der Waals surface area contributed by atoms with Crippen LogP contribution in [0.1, 0.15) is 18.5 Å². The van der Waals surface area contributed by atoms with Crippen molar-refractivity contribution in [2.45, 2.75) is 25.1 Å². The second kappa shape index (κ2) is 5.86. The third-order valence-corrected chi connectivity index (χ3v) is 3.82. The summed E-state index contributed by atoms with van der Waals surface area (Å²) in [6.45, 7) is 1.03. The summed E-state index contributed by atoms with van der Waals surface area (Å²) in [5, 5.41) is 4.23. The van der Waals surface area contributed by atoms with Gasteiger partial charge in [0.05, 0.1) is 7.11 Å². The number of thiazole rings is 1. The molecule has 1 saturated heterocycles. The first kappa shape index (κ1) is 14.9. The molecule has 1 fully saturated rings. The summed E-state index contributed by atoms with van der Waals surface area (Å²) in [6.07, 6.45) is -3.49. The van der Waals surface area contributed by atoms with Crippen LogP contribution in [0.3, 0.4) is 0 Å². The molecule has 5 nitrogen and oxygen atoms in total. The van der Waals surface area contributed by atoms with Crippen molar-refractivity contribution in [3.63, 3.8) is 0 Å². The zero-order valence-electron chi connectivity index (χ0n) is 10.7. The highest BCUT2D eigenvalue weighted by molar-refractivity contribution is 7.13. The van der Waals surface area contributed by atoms with Gasteiger partial charge in [-0.1, -0.05) is 0 Å². The molecule has 1 N–H and O–H groups in total. The molecule has 9 heteroatoms. The van der Waals surface area contributed by atoms with Crippen LogP contribution in [-0.4, -0.2) is 42.2 Å². The number of methoxy groups -OCH3 is 1. The van der Waals surface area contributed by atoms with Crippen molar-refractivity contribution in [1.82, 2.24) is 9.88 Å². The van der Waals surface area contributed by atoms with Gasteiger partial charge in [-0.2, -0.15) is 13.2 Å². The van der Waals surface area contributed by atoms with E-state index < -0.39 is 11.9 Å². The highest BCUT2D eigenvalue weighted by atomic mass is 32.1. The van der Waals surface area contributed by atoms with E-state index >= 15 is 0 Å². The van der Waals surface area contributed by atoms with Crippen LogP contribution < -0.4 is 5.32 Å². The number of halogens is 3. The Labute approximate surface area is 117 Å². The van der Waals surface area contributed by atoms with Gasteiger partial charge in [0.2, 0.25) is 0 Å². The Morgan fingerprint density at radius 3 is 2.65 bits per heavy atom. The van der Waals surface area contributed by atoms with Gasteiger partial charge in [-0.05, 0) is 12.8 Å². The molecule has 0 bridgehead atoms. The number of carbonyl (C=O) groups is 1. The SMILES string of the molecule is COC(=O)N1CCC(Nc2nc(C(F)(F)F)cs2)CC1. The molecule has 0 aliphatic carbocycles. The molecule has 1 amide bonds. The van der Waals surface area contributed by atoms with E-state index in [4.69, 9.17) is 0 Å². The number of amides is 1. The number of aromatic nitrogens is 1. The smallest absolute Gasteiger partial charge is 0.434 e. The Morgan fingerprint density at radius 1 is 1.50 bits per heavy atom. The second-order valence-corrected chi connectivity index (χ2v) is 5.27. The van der Waals surface area contributed by atoms with Gasteiger partial charge >= 0.3 is 12.3 Å². The lowest BCUT2D eigenvalue weighted by atomic mass is 10.1. The molecular weight excluding hydrogens is 295 g/mol. The van der Waals surface area contributed by atoms with Gasteiger partial charge in [0, 0.05) is 24.5 Å². The number of alkyl halides is 3. The maximum absolute atomic E-state index is 12.4. The molecule has 2 heterocycles. The van der Waals surface area contributed by atoms with Crippen LogP contribution in [0.4, 0.5) is 23.1 Å². The highest BCUT2D eigenvalue weighted by Gasteiger charge is 2.34. The summed E-state index contributed by atoms with van der Waals surface area (Å²) in [4.78, 5) is 16.4. The van der Waals surface area contributed by atoms with Crippen molar-refractivity contribution >= 4 is 22.6 Å². The number of carbonyl (C=O) groups excluding carboxylic acids is 1. The van der Waals surface area contributed by atoms with Crippen LogP contribution >= 0.6 is 11.3 Å². The Hall–Kier alpha value is -1.51. The lowest BCUT2D eigenvalue weighted by Crippen LogP contribution is -2.42. The molecule has 0 spiro atoms. The number of hydrogen-bond acceptors (Lipinski definition) is 5. The predicted octanol–water partition coefficient (Wildman–Crippen LogP) is 2.80. The quantitative estimate of drug-likeness (QED) is 0.913. The normalized spacial score (nSPS) is 17.1. The van der Waals surface area contributed by atoms with Crippen LogP contribution in [-0.2, 0) is 10.9 Å². The van der Waals surface area contributed by atoms with E-state index in [9.17, 15) is 18.0 Å². The van der Waals surface area contributed by atoms with Crippen molar-refractivity contribution in [3.8, 4) is 0 Å². The maximum Gasteiger partial charge on any atom is 0.434 e. The second-order valence-electron chi connectivity index (χ2n) is 4.41. The summed E-state index contributed by atoms with van der Waals surface area (Å²) in [5.74, 6) is 0. The first-order valence-corrected chi connectivity index (χ1v) is 6.90. The molecule has 1 aliphatic rings. The fourth-order valence-electron chi connectivity index (χ4n) is 1.98. The topological polar surface area (TPSA) is 54.5 Å². The van der Waals surface area contributed by atoms with E-state index in [1.807, 2.05) is 0 Å². The van der Waals surface area contributed by atoms with Crippen LogP contribution in [0.25, 0.3) is 0 Å². The fraction of sp³-hybridized carbons (Fsp3) is 0.636. The number of rotatable bonds is 2. The largest absolute Gasteiger partial charge is 0.453 e. The lowest BCUT2D eigenvalue weighted by Gasteiger charge is -2.31. The Bertz CT molecular complexity index is 470. The number of hydrogen-bond donors (Lipinski definition) is 1.